The predicted octanol–water partition coefficient (Wildman–Crippen LogP) is 1.70. The van der Waals surface area contributed by atoms with Crippen LogP contribution in [0, 0.1) is 0 Å². The number of ether oxygens (including phenoxy) is 1. The highest BCUT2D eigenvalue weighted by Gasteiger charge is 2.01. The summed E-state index contributed by atoms with van der Waals surface area (Å²) in [6.07, 6.45) is 4.85. The molecule has 1 aromatic heterocycles. The average molecular weight is 245 g/mol. The van der Waals surface area contributed by atoms with Crippen molar-refractivity contribution in [2.45, 2.75) is 13.0 Å². The maximum atomic E-state index is 5.53. The third-order valence-electron chi connectivity index (χ3n) is 2.88. The van der Waals surface area contributed by atoms with E-state index in [1.165, 1.54) is 11.1 Å². The summed E-state index contributed by atoms with van der Waals surface area (Å²) in [5.74, 6) is 0. The molecule has 18 heavy (non-hydrogen) atoms. The Morgan fingerprint density at radius 3 is 2.67 bits per heavy atom. The van der Waals surface area contributed by atoms with Gasteiger partial charge in [-0.3, -0.25) is 4.68 Å². The maximum Gasteiger partial charge on any atom is 0.0658 e. The summed E-state index contributed by atoms with van der Waals surface area (Å²) >= 11 is 0. The van der Waals surface area contributed by atoms with Crippen molar-refractivity contribution in [3.63, 3.8) is 0 Å². The lowest BCUT2D eigenvalue weighted by Gasteiger charge is -2.01. The fourth-order valence-corrected chi connectivity index (χ4v) is 1.85. The smallest absolute Gasteiger partial charge is 0.0658 e. The van der Waals surface area contributed by atoms with Crippen molar-refractivity contribution in [2.24, 2.45) is 5.73 Å². The van der Waals surface area contributed by atoms with Gasteiger partial charge in [0.1, 0.15) is 0 Å². The topological polar surface area (TPSA) is 53.1 Å². The molecule has 0 amide bonds. The molecule has 0 aliphatic heterocycles. The summed E-state index contributed by atoms with van der Waals surface area (Å²) in [6, 6.07) is 8.47. The molecule has 0 saturated carbocycles. The summed E-state index contributed by atoms with van der Waals surface area (Å²) in [6.45, 7) is 2.15. The second-order valence-electron chi connectivity index (χ2n) is 4.22. The number of hydrogen-bond acceptors (Lipinski definition) is 3. The lowest BCUT2D eigenvalue weighted by Crippen LogP contribution is -2.03. The third kappa shape index (κ3) is 3.18. The quantitative estimate of drug-likeness (QED) is 0.842. The van der Waals surface area contributed by atoms with E-state index in [0.717, 1.165) is 18.5 Å². The minimum atomic E-state index is 0.677. The van der Waals surface area contributed by atoms with Crippen LogP contribution >= 0.6 is 0 Å². The Balaban J connectivity index is 2.08. The highest BCUT2D eigenvalue weighted by atomic mass is 16.5. The molecule has 4 nitrogen and oxygen atoms in total. The second kappa shape index (κ2) is 6.33. The van der Waals surface area contributed by atoms with Gasteiger partial charge in [0.25, 0.3) is 0 Å². The van der Waals surface area contributed by atoms with E-state index >= 15 is 0 Å². The molecule has 4 heteroatoms. The minimum Gasteiger partial charge on any atom is -0.383 e. The fraction of sp³-hybridized carbons (Fsp3) is 0.357. The largest absolute Gasteiger partial charge is 0.383 e. The van der Waals surface area contributed by atoms with Gasteiger partial charge in [0.15, 0.2) is 0 Å². The van der Waals surface area contributed by atoms with Crippen LogP contribution in [0.2, 0.25) is 0 Å². The molecule has 0 atom stereocenters. The van der Waals surface area contributed by atoms with Gasteiger partial charge in [-0.25, -0.2) is 0 Å². The van der Waals surface area contributed by atoms with Gasteiger partial charge in [-0.1, -0.05) is 24.3 Å². The van der Waals surface area contributed by atoms with Gasteiger partial charge in [-0.15, -0.1) is 0 Å². The first-order valence-corrected chi connectivity index (χ1v) is 6.14. The average Bonchev–Trinajstić information content (AvgIpc) is 2.86. The summed E-state index contributed by atoms with van der Waals surface area (Å²) in [7, 11) is 1.70. The minimum absolute atomic E-state index is 0.677. The van der Waals surface area contributed by atoms with Crippen molar-refractivity contribution in [1.29, 1.82) is 0 Å². The van der Waals surface area contributed by atoms with Gasteiger partial charge in [0, 0.05) is 18.9 Å². The Bertz CT molecular complexity index is 476. The van der Waals surface area contributed by atoms with Crippen LogP contribution in [0.15, 0.2) is 36.7 Å². The molecule has 1 aromatic carbocycles. The molecule has 0 unspecified atom stereocenters. The van der Waals surface area contributed by atoms with Crippen LogP contribution in [0.5, 0.6) is 0 Å². The SMILES string of the molecule is COCCn1cc(-c2ccc(CCN)cc2)cn1. The van der Waals surface area contributed by atoms with Gasteiger partial charge in [-0.2, -0.15) is 5.10 Å². The van der Waals surface area contributed by atoms with Crippen LogP contribution in [-0.2, 0) is 17.7 Å². The maximum absolute atomic E-state index is 5.53. The first-order valence-electron chi connectivity index (χ1n) is 6.14. The van der Waals surface area contributed by atoms with E-state index in [0.29, 0.717) is 13.2 Å². The Hall–Kier alpha value is -1.65. The molecule has 0 radical (unpaired) electrons. The van der Waals surface area contributed by atoms with Gasteiger partial charge in [0.05, 0.1) is 19.3 Å². The van der Waals surface area contributed by atoms with Gasteiger partial charge in [0.2, 0.25) is 0 Å². The van der Waals surface area contributed by atoms with E-state index in [-0.39, 0.29) is 0 Å². The zero-order chi connectivity index (χ0) is 12.8. The van der Waals surface area contributed by atoms with Crippen LogP contribution in [0.1, 0.15) is 5.56 Å². The lowest BCUT2D eigenvalue weighted by molar-refractivity contribution is 0.183. The Morgan fingerprint density at radius 2 is 2.00 bits per heavy atom. The number of aromatic nitrogens is 2. The van der Waals surface area contributed by atoms with Crippen LogP contribution in [0.25, 0.3) is 11.1 Å². The summed E-state index contributed by atoms with van der Waals surface area (Å²) in [5, 5.41) is 4.31. The van der Waals surface area contributed by atoms with E-state index in [9.17, 15) is 0 Å². The number of rotatable bonds is 6. The van der Waals surface area contributed by atoms with E-state index in [1.54, 1.807) is 7.11 Å². The molecule has 0 saturated heterocycles. The zero-order valence-electron chi connectivity index (χ0n) is 10.7. The zero-order valence-corrected chi connectivity index (χ0v) is 10.7. The molecular formula is C14H19N3O. The monoisotopic (exact) mass is 245 g/mol. The van der Waals surface area contributed by atoms with Crippen molar-refractivity contribution in [3.8, 4) is 11.1 Å². The first kappa shape index (κ1) is 12.8. The van der Waals surface area contributed by atoms with Crippen molar-refractivity contribution in [1.82, 2.24) is 9.78 Å². The van der Waals surface area contributed by atoms with Crippen LogP contribution in [0.3, 0.4) is 0 Å². The lowest BCUT2D eigenvalue weighted by atomic mass is 10.1. The number of nitrogens with two attached hydrogens (primary N) is 1. The van der Waals surface area contributed by atoms with E-state index in [4.69, 9.17) is 10.5 Å². The van der Waals surface area contributed by atoms with E-state index in [1.807, 2.05) is 17.1 Å². The molecule has 1 heterocycles. The Kier molecular flexibility index (Phi) is 4.50. The van der Waals surface area contributed by atoms with Crippen LogP contribution in [-0.4, -0.2) is 30.0 Å². The molecular weight excluding hydrogens is 226 g/mol. The first-order chi connectivity index (χ1) is 8.83. The summed E-state index contributed by atoms with van der Waals surface area (Å²) in [4.78, 5) is 0. The third-order valence-corrected chi connectivity index (χ3v) is 2.88. The van der Waals surface area contributed by atoms with Crippen molar-refractivity contribution in [2.75, 3.05) is 20.3 Å². The summed E-state index contributed by atoms with van der Waals surface area (Å²) in [5.41, 5.74) is 9.12. The highest BCUT2D eigenvalue weighted by Crippen LogP contribution is 2.19. The van der Waals surface area contributed by atoms with Crippen LogP contribution in [0.4, 0.5) is 0 Å². The molecule has 96 valence electrons. The normalized spacial score (nSPS) is 10.8. The molecule has 0 fully saturated rings. The van der Waals surface area contributed by atoms with Gasteiger partial charge >= 0.3 is 0 Å². The van der Waals surface area contributed by atoms with E-state index < -0.39 is 0 Å². The van der Waals surface area contributed by atoms with Crippen molar-refractivity contribution < 1.29 is 4.74 Å². The van der Waals surface area contributed by atoms with Crippen LogP contribution < -0.4 is 5.73 Å². The Morgan fingerprint density at radius 1 is 1.22 bits per heavy atom. The number of hydrogen-bond donors (Lipinski definition) is 1. The number of methoxy groups -OCH3 is 1. The second-order valence-corrected chi connectivity index (χ2v) is 4.22. The van der Waals surface area contributed by atoms with E-state index in [2.05, 4.69) is 29.4 Å². The molecule has 2 rings (SSSR count). The molecule has 0 bridgehead atoms. The molecule has 2 aromatic rings. The molecule has 0 aliphatic rings. The van der Waals surface area contributed by atoms with Crippen molar-refractivity contribution >= 4 is 0 Å². The van der Waals surface area contributed by atoms with Gasteiger partial charge < -0.3 is 10.5 Å². The summed E-state index contributed by atoms with van der Waals surface area (Å²) < 4.78 is 6.93. The fourth-order valence-electron chi connectivity index (χ4n) is 1.85. The molecule has 2 N–H and O–H groups in total. The highest BCUT2D eigenvalue weighted by molar-refractivity contribution is 5.61. The molecule has 0 spiro atoms. The Labute approximate surface area is 107 Å². The number of benzene rings is 1. The predicted molar refractivity (Wildman–Crippen MR) is 72.3 cm³/mol. The van der Waals surface area contributed by atoms with Gasteiger partial charge in [-0.05, 0) is 24.1 Å². The standard InChI is InChI=1S/C14H19N3O/c1-18-9-8-17-11-14(10-16-17)13-4-2-12(3-5-13)6-7-15/h2-5,10-11H,6-9,15H2,1H3. The van der Waals surface area contributed by atoms with Crippen molar-refractivity contribution in [3.05, 3.63) is 42.2 Å². The molecule has 0 aliphatic carbocycles. The number of nitrogens with zero attached hydrogens (tertiary/aromatic N) is 2.